The molecule has 0 bridgehead atoms. The number of nitrogens with one attached hydrogen (secondary N) is 1. The van der Waals surface area contributed by atoms with E-state index in [1.807, 2.05) is 0 Å². The number of Topliss-reactive ketones (excluding diaryl/α,β-unsaturated/α-hetero) is 1. The van der Waals surface area contributed by atoms with Gasteiger partial charge in [-0.25, -0.2) is 0 Å². The molecule has 1 heterocycles. The second-order valence-electron chi connectivity index (χ2n) is 4.34. The lowest BCUT2D eigenvalue weighted by atomic mass is 9.84. The Kier molecular flexibility index (Phi) is 5.16. The van der Waals surface area contributed by atoms with E-state index in [2.05, 4.69) is 19.2 Å². The molecule has 0 aromatic heterocycles. The molecular formula is C12H23NO. The van der Waals surface area contributed by atoms with Crippen LogP contribution in [0, 0.1) is 11.8 Å². The second-order valence-corrected chi connectivity index (χ2v) is 4.34. The largest absolute Gasteiger partial charge is 0.316 e. The summed E-state index contributed by atoms with van der Waals surface area (Å²) >= 11 is 0. The third-order valence-corrected chi connectivity index (χ3v) is 3.23. The topological polar surface area (TPSA) is 29.1 Å². The van der Waals surface area contributed by atoms with Crippen LogP contribution < -0.4 is 5.32 Å². The highest BCUT2D eigenvalue weighted by molar-refractivity contribution is 5.83. The van der Waals surface area contributed by atoms with Crippen LogP contribution in [0.4, 0.5) is 0 Å². The molecule has 1 aliphatic heterocycles. The molecule has 2 nitrogen and oxygen atoms in total. The molecule has 0 spiro atoms. The number of hydrogen-bond acceptors (Lipinski definition) is 2. The predicted octanol–water partition coefficient (Wildman–Crippen LogP) is 2.38. The Morgan fingerprint density at radius 1 is 1.50 bits per heavy atom. The molecule has 0 aliphatic carbocycles. The van der Waals surface area contributed by atoms with Crippen molar-refractivity contribution in [2.24, 2.45) is 11.8 Å². The number of hydrogen-bond donors (Lipinski definition) is 1. The summed E-state index contributed by atoms with van der Waals surface area (Å²) in [6.07, 6.45) is 5.49. The van der Waals surface area contributed by atoms with Crippen LogP contribution in [-0.4, -0.2) is 18.9 Å². The zero-order chi connectivity index (χ0) is 10.4. The van der Waals surface area contributed by atoms with E-state index in [9.17, 15) is 4.79 Å². The van der Waals surface area contributed by atoms with Gasteiger partial charge in [0.05, 0.1) is 0 Å². The van der Waals surface area contributed by atoms with Crippen molar-refractivity contribution >= 4 is 5.78 Å². The fourth-order valence-electron chi connectivity index (χ4n) is 2.32. The molecule has 82 valence electrons. The minimum atomic E-state index is 0.306. The van der Waals surface area contributed by atoms with Crippen molar-refractivity contribution in [3.8, 4) is 0 Å². The summed E-state index contributed by atoms with van der Waals surface area (Å²) < 4.78 is 0. The quantitative estimate of drug-likeness (QED) is 0.733. The van der Waals surface area contributed by atoms with E-state index in [1.54, 1.807) is 0 Å². The van der Waals surface area contributed by atoms with Crippen molar-refractivity contribution in [2.75, 3.05) is 13.1 Å². The molecule has 2 atom stereocenters. The Morgan fingerprint density at radius 2 is 2.29 bits per heavy atom. The molecule has 0 aromatic rings. The molecule has 0 radical (unpaired) electrons. The summed E-state index contributed by atoms with van der Waals surface area (Å²) in [5.41, 5.74) is 0. The van der Waals surface area contributed by atoms with Crippen molar-refractivity contribution in [2.45, 2.75) is 46.0 Å². The van der Waals surface area contributed by atoms with Crippen LogP contribution in [0.1, 0.15) is 46.0 Å². The molecule has 1 aliphatic rings. The number of carbonyl (C=O) groups excluding carboxylic acids is 1. The van der Waals surface area contributed by atoms with Crippen molar-refractivity contribution < 1.29 is 4.79 Å². The van der Waals surface area contributed by atoms with Crippen molar-refractivity contribution in [3.05, 3.63) is 0 Å². The van der Waals surface area contributed by atoms with Crippen LogP contribution >= 0.6 is 0 Å². The Morgan fingerprint density at radius 3 is 2.79 bits per heavy atom. The third kappa shape index (κ3) is 3.09. The van der Waals surface area contributed by atoms with Crippen LogP contribution in [-0.2, 0) is 4.79 Å². The first kappa shape index (κ1) is 11.7. The maximum atomic E-state index is 12.1. The second kappa shape index (κ2) is 6.18. The van der Waals surface area contributed by atoms with Crippen molar-refractivity contribution in [3.63, 3.8) is 0 Å². The minimum absolute atomic E-state index is 0.306. The highest BCUT2D eigenvalue weighted by atomic mass is 16.1. The van der Waals surface area contributed by atoms with E-state index in [0.29, 0.717) is 17.6 Å². The van der Waals surface area contributed by atoms with Crippen LogP contribution in [0.2, 0.25) is 0 Å². The van der Waals surface area contributed by atoms with Crippen LogP contribution in [0.3, 0.4) is 0 Å². The molecule has 0 aromatic carbocycles. The SMILES string of the molecule is CCCC(CC)C(=O)C1CCCNC1. The summed E-state index contributed by atoms with van der Waals surface area (Å²) in [7, 11) is 0. The van der Waals surface area contributed by atoms with E-state index in [4.69, 9.17) is 0 Å². The van der Waals surface area contributed by atoms with Gasteiger partial charge in [0.2, 0.25) is 0 Å². The maximum absolute atomic E-state index is 12.1. The number of rotatable bonds is 5. The van der Waals surface area contributed by atoms with Crippen LogP contribution in [0.25, 0.3) is 0 Å². The normalized spacial score (nSPS) is 24.6. The molecule has 0 saturated carbocycles. The Labute approximate surface area is 87.5 Å². The average molecular weight is 197 g/mol. The lowest BCUT2D eigenvalue weighted by Gasteiger charge is -2.25. The summed E-state index contributed by atoms with van der Waals surface area (Å²) in [6, 6.07) is 0. The van der Waals surface area contributed by atoms with Gasteiger partial charge in [-0.1, -0.05) is 20.3 Å². The summed E-state index contributed by atoms with van der Waals surface area (Å²) in [5, 5.41) is 3.32. The molecule has 0 amide bonds. The molecular weight excluding hydrogens is 174 g/mol. The van der Waals surface area contributed by atoms with Gasteiger partial charge in [-0.15, -0.1) is 0 Å². The lowest BCUT2D eigenvalue weighted by molar-refractivity contribution is -0.127. The van der Waals surface area contributed by atoms with Gasteiger partial charge >= 0.3 is 0 Å². The Bertz CT molecular complexity index is 166. The predicted molar refractivity (Wildman–Crippen MR) is 59.3 cm³/mol. The monoisotopic (exact) mass is 197 g/mol. The van der Waals surface area contributed by atoms with Gasteiger partial charge in [0, 0.05) is 18.4 Å². The zero-order valence-electron chi connectivity index (χ0n) is 9.51. The summed E-state index contributed by atoms with van der Waals surface area (Å²) in [4.78, 5) is 12.1. The van der Waals surface area contributed by atoms with Crippen LogP contribution in [0.5, 0.6) is 0 Å². The number of ketones is 1. The molecule has 2 unspecified atom stereocenters. The van der Waals surface area contributed by atoms with Crippen molar-refractivity contribution in [1.29, 1.82) is 0 Å². The molecule has 2 heteroatoms. The molecule has 1 fully saturated rings. The molecule has 1 rings (SSSR count). The smallest absolute Gasteiger partial charge is 0.140 e. The zero-order valence-corrected chi connectivity index (χ0v) is 9.51. The first-order valence-corrected chi connectivity index (χ1v) is 6.04. The fourth-order valence-corrected chi connectivity index (χ4v) is 2.32. The fraction of sp³-hybridized carbons (Fsp3) is 0.917. The van der Waals surface area contributed by atoms with Gasteiger partial charge in [-0.3, -0.25) is 4.79 Å². The van der Waals surface area contributed by atoms with E-state index in [0.717, 1.165) is 38.8 Å². The summed E-state index contributed by atoms with van der Waals surface area (Å²) in [6.45, 7) is 6.30. The van der Waals surface area contributed by atoms with E-state index >= 15 is 0 Å². The standard InChI is InChI=1S/C12H23NO/c1-3-6-10(4-2)12(14)11-7-5-8-13-9-11/h10-11,13H,3-9H2,1-2H3. The molecule has 1 N–H and O–H groups in total. The van der Waals surface area contributed by atoms with Gasteiger partial charge in [0.1, 0.15) is 5.78 Å². The molecule has 14 heavy (non-hydrogen) atoms. The number of piperidine rings is 1. The van der Waals surface area contributed by atoms with Gasteiger partial charge in [-0.05, 0) is 32.2 Å². The van der Waals surface area contributed by atoms with E-state index in [-0.39, 0.29) is 0 Å². The average Bonchev–Trinajstić information content (AvgIpc) is 2.26. The van der Waals surface area contributed by atoms with E-state index in [1.165, 1.54) is 6.42 Å². The lowest BCUT2D eigenvalue weighted by Crippen LogP contribution is -2.37. The first-order chi connectivity index (χ1) is 6.79. The van der Waals surface area contributed by atoms with Gasteiger partial charge in [0.15, 0.2) is 0 Å². The van der Waals surface area contributed by atoms with Gasteiger partial charge in [0.25, 0.3) is 0 Å². The summed E-state index contributed by atoms with van der Waals surface area (Å²) in [5.74, 6) is 1.15. The number of carbonyl (C=O) groups is 1. The van der Waals surface area contributed by atoms with Crippen molar-refractivity contribution in [1.82, 2.24) is 5.32 Å². The molecule has 1 saturated heterocycles. The Hall–Kier alpha value is -0.370. The maximum Gasteiger partial charge on any atom is 0.140 e. The first-order valence-electron chi connectivity index (χ1n) is 6.04. The Balaban J connectivity index is 2.43. The minimum Gasteiger partial charge on any atom is -0.316 e. The highest BCUT2D eigenvalue weighted by Crippen LogP contribution is 2.21. The van der Waals surface area contributed by atoms with Gasteiger partial charge in [-0.2, -0.15) is 0 Å². The third-order valence-electron chi connectivity index (χ3n) is 3.23. The highest BCUT2D eigenvalue weighted by Gasteiger charge is 2.26. The van der Waals surface area contributed by atoms with Gasteiger partial charge < -0.3 is 5.32 Å². The van der Waals surface area contributed by atoms with E-state index < -0.39 is 0 Å². The van der Waals surface area contributed by atoms with Crippen LogP contribution in [0.15, 0.2) is 0 Å².